The van der Waals surface area contributed by atoms with Crippen LogP contribution in [0.5, 0.6) is 0 Å². The lowest BCUT2D eigenvalue weighted by atomic mass is 10.4. The number of halogens is 1. The fourth-order valence-electron chi connectivity index (χ4n) is 0.871. The average molecular weight is 220 g/mol. The zero-order valence-corrected chi connectivity index (χ0v) is 8.73. The SMILES string of the molecule is CN(CCO)C(=O)c1sccc1Cl. The lowest BCUT2D eigenvalue weighted by Crippen LogP contribution is -2.28. The van der Waals surface area contributed by atoms with Crippen molar-refractivity contribution < 1.29 is 9.90 Å². The Balaban J connectivity index is 2.73. The van der Waals surface area contributed by atoms with Crippen LogP contribution in [0, 0.1) is 0 Å². The Labute approximate surface area is 85.6 Å². The van der Waals surface area contributed by atoms with Crippen LogP contribution in [-0.2, 0) is 0 Å². The van der Waals surface area contributed by atoms with E-state index in [-0.39, 0.29) is 12.5 Å². The Morgan fingerprint density at radius 3 is 2.92 bits per heavy atom. The highest BCUT2D eigenvalue weighted by atomic mass is 35.5. The molecule has 0 fully saturated rings. The molecule has 1 aromatic heterocycles. The zero-order chi connectivity index (χ0) is 9.84. The molecule has 0 unspecified atom stereocenters. The predicted molar refractivity (Wildman–Crippen MR) is 53.4 cm³/mol. The highest BCUT2D eigenvalue weighted by Crippen LogP contribution is 2.22. The van der Waals surface area contributed by atoms with Gasteiger partial charge in [0, 0.05) is 13.6 Å². The molecular weight excluding hydrogens is 210 g/mol. The molecule has 0 aliphatic carbocycles. The number of aliphatic hydroxyl groups excluding tert-OH is 1. The summed E-state index contributed by atoms with van der Waals surface area (Å²) in [6.07, 6.45) is 0. The molecule has 0 saturated heterocycles. The molecule has 5 heteroatoms. The van der Waals surface area contributed by atoms with Crippen molar-refractivity contribution >= 4 is 28.8 Å². The van der Waals surface area contributed by atoms with Crippen molar-refractivity contribution in [3.8, 4) is 0 Å². The number of hydrogen-bond acceptors (Lipinski definition) is 3. The van der Waals surface area contributed by atoms with Gasteiger partial charge in [-0.2, -0.15) is 0 Å². The third kappa shape index (κ3) is 2.43. The summed E-state index contributed by atoms with van der Waals surface area (Å²) in [5.74, 6) is -0.144. The maximum Gasteiger partial charge on any atom is 0.265 e. The van der Waals surface area contributed by atoms with Gasteiger partial charge in [0.15, 0.2) is 0 Å². The van der Waals surface area contributed by atoms with Gasteiger partial charge in [0.25, 0.3) is 5.91 Å². The maximum atomic E-state index is 11.6. The first-order valence-electron chi connectivity index (χ1n) is 3.76. The summed E-state index contributed by atoms with van der Waals surface area (Å²) >= 11 is 7.09. The molecule has 1 heterocycles. The molecule has 1 aromatic rings. The van der Waals surface area contributed by atoms with E-state index in [0.29, 0.717) is 16.4 Å². The number of nitrogens with zero attached hydrogens (tertiary/aromatic N) is 1. The second-order valence-corrected chi connectivity index (χ2v) is 3.87. The lowest BCUT2D eigenvalue weighted by molar-refractivity contribution is 0.0772. The minimum absolute atomic E-state index is 0.0365. The fourth-order valence-corrected chi connectivity index (χ4v) is 2.00. The monoisotopic (exact) mass is 219 g/mol. The Kier molecular flexibility index (Phi) is 3.71. The molecule has 72 valence electrons. The van der Waals surface area contributed by atoms with Gasteiger partial charge in [-0.1, -0.05) is 11.6 Å². The van der Waals surface area contributed by atoms with Crippen molar-refractivity contribution in [1.82, 2.24) is 4.90 Å². The molecule has 1 rings (SSSR count). The first-order valence-corrected chi connectivity index (χ1v) is 5.02. The Morgan fingerprint density at radius 1 is 1.77 bits per heavy atom. The van der Waals surface area contributed by atoms with Crippen molar-refractivity contribution in [3.63, 3.8) is 0 Å². The molecule has 0 aliphatic rings. The zero-order valence-electron chi connectivity index (χ0n) is 7.16. The summed E-state index contributed by atoms with van der Waals surface area (Å²) in [5.41, 5.74) is 0. The van der Waals surface area contributed by atoms with Gasteiger partial charge in [-0.3, -0.25) is 4.79 Å². The van der Waals surface area contributed by atoms with Crippen molar-refractivity contribution in [2.45, 2.75) is 0 Å². The minimum atomic E-state index is -0.144. The molecule has 0 saturated carbocycles. The molecule has 0 atom stereocenters. The van der Waals surface area contributed by atoms with Crippen molar-refractivity contribution in [2.24, 2.45) is 0 Å². The van der Waals surface area contributed by atoms with Gasteiger partial charge >= 0.3 is 0 Å². The maximum absolute atomic E-state index is 11.6. The molecule has 1 amide bonds. The summed E-state index contributed by atoms with van der Waals surface area (Å²) in [6.45, 7) is 0.290. The third-order valence-electron chi connectivity index (χ3n) is 1.59. The second kappa shape index (κ2) is 4.60. The second-order valence-electron chi connectivity index (χ2n) is 2.55. The van der Waals surface area contributed by atoms with Crippen LogP contribution >= 0.6 is 22.9 Å². The minimum Gasteiger partial charge on any atom is -0.395 e. The number of amides is 1. The van der Waals surface area contributed by atoms with Gasteiger partial charge in [-0.15, -0.1) is 11.3 Å². The number of thiophene rings is 1. The molecule has 0 aromatic carbocycles. The van der Waals surface area contributed by atoms with Crippen LogP contribution in [0.1, 0.15) is 9.67 Å². The van der Waals surface area contributed by atoms with E-state index in [1.54, 1.807) is 18.5 Å². The molecule has 0 bridgehead atoms. The van der Waals surface area contributed by atoms with E-state index in [1.165, 1.54) is 16.2 Å². The molecule has 0 spiro atoms. The quantitative estimate of drug-likeness (QED) is 0.837. The molecule has 0 aliphatic heterocycles. The summed E-state index contributed by atoms with van der Waals surface area (Å²) in [5, 5.41) is 10.9. The standard InChI is InChI=1S/C8H10ClNO2S/c1-10(3-4-11)8(12)7-6(9)2-5-13-7/h2,5,11H,3-4H2,1H3. The summed E-state index contributed by atoms with van der Waals surface area (Å²) < 4.78 is 0. The van der Waals surface area contributed by atoms with Crippen LogP contribution in [0.3, 0.4) is 0 Å². The van der Waals surface area contributed by atoms with Crippen molar-refractivity contribution in [2.75, 3.05) is 20.2 Å². The van der Waals surface area contributed by atoms with E-state index in [9.17, 15) is 4.79 Å². The van der Waals surface area contributed by atoms with Gasteiger partial charge in [0.2, 0.25) is 0 Å². The smallest absolute Gasteiger partial charge is 0.265 e. The van der Waals surface area contributed by atoms with Gasteiger partial charge in [-0.25, -0.2) is 0 Å². The number of rotatable bonds is 3. The van der Waals surface area contributed by atoms with Crippen LogP contribution in [0.25, 0.3) is 0 Å². The lowest BCUT2D eigenvalue weighted by Gasteiger charge is -2.14. The van der Waals surface area contributed by atoms with E-state index in [1.807, 2.05) is 0 Å². The first kappa shape index (κ1) is 10.5. The van der Waals surface area contributed by atoms with E-state index in [2.05, 4.69) is 0 Å². The van der Waals surface area contributed by atoms with Crippen molar-refractivity contribution in [1.29, 1.82) is 0 Å². The van der Waals surface area contributed by atoms with Crippen LogP contribution in [0.2, 0.25) is 5.02 Å². The Morgan fingerprint density at radius 2 is 2.46 bits per heavy atom. The van der Waals surface area contributed by atoms with Crippen LogP contribution in [-0.4, -0.2) is 36.1 Å². The highest BCUT2D eigenvalue weighted by molar-refractivity contribution is 7.12. The number of hydrogen-bond donors (Lipinski definition) is 1. The molecule has 1 N–H and O–H groups in total. The third-order valence-corrected chi connectivity index (χ3v) is 2.92. The van der Waals surface area contributed by atoms with Crippen LogP contribution in [0.4, 0.5) is 0 Å². The Hall–Kier alpha value is -0.580. The van der Waals surface area contributed by atoms with Gasteiger partial charge in [0.05, 0.1) is 11.6 Å². The number of likely N-dealkylation sites (N-methyl/N-ethyl adjacent to an activating group) is 1. The van der Waals surface area contributed by atoms with Gasteiger partial charge in [0.1, 0.15) is 4.88 Å². The molecular formula is C8H10ClNO2S. The predicted octanol–water partition coefficient (Wildman–Crippen LogP) is 1.47. The summed E-state index contributed by atoms with van der Waals surface area (Å²) in [7, 11) is 1.63. The number of carbonyl (C=O) groups excluding carboxylic acids is 1. The Bertz CT molecular complexity index is 300. The highest BCUT2D eigenvalue weighted by Gasteiger charge is 2.15. The van der Waals surface area contributed by atoms with E-state index >= 15 is 0 Å². The number of aliphatic hydroxyl groups is 1. The first-order chi connectivity index (χ1) is 6.16. The normalized spacial score (nSPS) is 10.1. The van der Waals surface area contributed by atoms with E-state index < -0.39 is 0 Å². The van der Waals surface area contributed by atoms with E-state index in [0.717, 1.165) is 0 Å². The van der Waals surface area contributed by atoms with Crippen molar-refractivity contribution in [3.05, 3.63) is 21.3 Å². The molecule has 0 radical (unpaired) electrons. The topological polar surface area (TPSA) is 40.5 Å². The van der Waals surface area contributed by atoms with Crippen LogP contribution < -0.4 is 0 Å². The van der Waals surface area contributed by atoms with Crippen LogP contribution in [0.15, 0.2) is 11.4 Å². The van der Waals surface area contributed by atoms with Gasteiger partial charge in [-0.05, 0) is 11.4 Å². The van der Waals surface area contributed by atoms with Gasteiger partial charge < -0.3 is 10.0 Å². The van der Waals surface area contributed by atoms with E-state index in [4.69, 9.17) is 16.7 Å². The summed E-state index contributed by atoms with van der Waals surface area (Å²) in [4.78, 5) is 13.5. The molecule has 3 nitrogen and oxygen atoms in total. The average Bonchev–Trinajstić information content (AvgIpc) is 2.50. The molecule has 13 heavy (non-hydrogen) atoms. The largest absolute Gasteiger partial charge is 0.395 e. The summed E-state index contributed by atoms with van der Waals surface area (Å²) in [6, 6.07) is 1.69. The number of carbonyl (C=O) groups is 1. The fraction of sp³-hybridized carbons (Fsp3) is 0.375.